The molecule has 0 aliphatic heterocycles. The highest BCUT2D eigenvalue weighted by molar-refractivity contribution is 9.10. The van der Waals surface area contributed by atoms with Gasteiger partial charge in [-0.3, -0.25) is 4.79 Å². The van der Waals surface area contributed by atoms with Gasteiger partial charge in [0, 0.05) is 22.8 Å². The number of halogens is 1. The molecule has 0 fully saturated rings. The summed E-state index contributed by atoms with van der Waals surface area (Å²) in [5.41, 5.74) is 2.35. The number of aryl methyl sites for hydroxylation is 2. The Morgan fingerprint density at radius 3 is 2.77 bits per heavy atom. The first-order chi connectivity index (χ1) is 10.5. The molecule has 22 heavy (non-hydrogen) atoms. The second-order valence-corrected chi connectivity index (χ2v) is 5.63. The van der Waals surface area contributed by atoms with E-state index in [-0.39, 0.29) is 5.91 Å². The van der Waals surface area contributed by atoms with Crippen molar-refractivity contribution in [3.63, 3.8) is 0 Å². The Kier molecular flexibility index (Phi) is 5.27. The predicted molar refractivity (Wildman–Crippen MR) is 91.5 cm³/mol. The lowest BCUT2D eigenvalue weighted by Crippen LogP contribution is -2.24. The predicted octanol–water partition coefficient (Wildman–Crippen LogP) is 3.52. The van der Waals surface area contributed by atoms with Crippen molar-refractivity contribution in [3.8, 4) is 0 Å². The zero-order valence-corrected chi connectivity index (χ0v) is 14.1. The third-order valence-corrected chi connectivity index (χ3v) is 3.78. The highest BCUT2D eigenvalue weighted by Gasteiger charge is 2.10. The third kappa shape index (κ3) is 4.14. The van der Waals surface area contributed by atoms with E-state index in [0.717, 1.165) is 15.7 Å². The van der Waals surface area contributed by atoms with Crippen LogP contribution in [0.25, 0.3) is 0 Å². The quantitative estimate of drug-likeness (QED) is 0.800. The van der Waals surface area contributed by atoms with E-state index in [9.17, 15) is 4.79 Å². The zero-order chi connectivity index (χ0) is 16.1. The van der Waals surface area contributed by atoms with Crippen molar-refractivity contribution in [3.05, 3.63) is 58.5 Å². The van der Waals surface area contributed by atoms with Crippen LogP contribution in [0.2, 0.25) is 0 Å². The van der Waals surface area contributed by atoms with Gasteiger partial charge in [-0.1, -0.05) is 28.1 Å². The monoisotopic (exact) mass is 360 g/mol. The summed E-state index contributed by atoms with van der Waals surface area (Å²) in [6.07, 6.45) is 1.62. The average Bonchev–Trinajstić information content (AvgIpc) is 2.48. The molecule has 0 radical (unpaired) electrons. The first kappa shape index (κ1) is 16.2. The summed E-state index contributed by atoms with van der Waals surface area (Å²) in [5, 5.41) is 5.88. The van der Waals surface area contributed by atoms with Crippen LogP contribution >= 0.6 is 15.9 Å². The van der Waals surface area contributed by atoms with Crippen LogP contribution in [-0.2, 0) is 0 Å². The number of benzene rings is 1. The van der Waals surface area contributed by atoms with Gasteiger partial charge in [-0.2, -0.15) is 0 Å². The van der Waals surface area contributed by atoms with Crippen LogP contribution < -0.4 is 10.6 Å². The van der Waals surface area contributed by atoms with E-state index in [1.807, 2.05) is 25.1 Å². The van der Waals surface area contributed by atoms with Gasteiger partial charge in [0.05, 0.1) is 0 Å². The van der Waals surface area contributed by atoms with Crippen molar-refractivity contribution >= 4 is 33.3 Å². The minimum Gasteiger partial charge on any atom is -0.347 e. The number of nitrogens with one attached hydrogen (secondary N) is 2. The van der Waals surface area contributed by atoms with Gasteiger partial charge in [-0.15, -0.1) is 6.58 Å². The van der Waals surface area contributed by atoms with Gasteiger partial charge in [-0.25, -0.2) is 9.97 Å². The van der Waals surface area contributed by atoms with Crippen molar-refractivity contribution in [2.24, 2.45) is 0 Å². The molecule has 0 atom stereocenters. The largest absolute Gasteiger partial charge is 0.347 e. The molecule has 0 aliphatic carbocycles. The van der Waals surface area contributed by atoms with Crippen molar-refractivity contribution < 1.29 is 4.79 Å². The minimum atomic E-state index is -0.251. The first-order valence-electron chi connectivity index (χ1n) is 6.77. The number of hydrogen-bond acceptors (Lipinski definition) is 4. The molecule has 2 N–H and O–H groups in total. The fourth-order valence-electron chi connectivity index (χ4n) is 1.82. The van der Waals surface area contributed by atoms with E-state index in [1.54, 1.807) is 19.1 Å². The number of aromatic nitrogens is 2. The molecule has 0 bridgehead atoms. The highest BCUT2D eigenvalue weighted by atomic mass is 79.9. The van der Waals surface area contributed by atoms with Gasteiger partial charge in [0.1, 0.15) is 17.3 Å². The van der Waals surface area contributed by atoms with Crippen molar-refractivity contribution in [1.82, 2.24) is 15.3 Å². The Labute approximate surface area is 138 Å². The lowest BCUT2D eigenvalue weighted by atomic mass is 10.2. The maximum absolute atomic E-state index is 12.0. The van der Waals surface area contributed by atoms with Crippen molar-refractivity contribution in [1.29, 1.82) is 0 Å². The van der Waals surface area contributed by atoms with E-state index >= 15 is 0 Å². The maximum atomic E-state index is 12.0. The summed E-state index contributed by atoms with van der Waals surface area (Å²) < 4.78 is 1.01. The minimum absolute atomic E-state index is 0.251. The molecular formula is C16H17BrN4O. The number of nitrogens with zero attached hydrogens (tertiary/aromatic N) is 2. The molecule has 0 saturated carbocycles. The van der Waals surface area contributed by atoms with Crippen LogP contribution in [0, 0.1) is 13.8 Å². The fraction of sp³-hybridized carbons (Fsp3) is 0.188. The molecule has 0 spiro atoms. The average molecular weight is 361 g/mol. The number of amides is 1. The number of rotatable bonds is 5. The first-order valence-corrected chi connectivity index (χ1v) is 7.57. The summed E-state index contributed by atoms with van der Waals surface area (Å²) in [7, 11) is 0. The molecule has 0 saturated heterocycles. The van der Waals surface area contributed by atoms with Gasteiger partial charge < -0.3 is 10.6 Å². The van der Waals surface area contributed by atoms with E-state index in [1.165, 1.54) is 0 Å². The molecule has 2 rings (SSSR count). The second-order valence-electron chi connectivity index (χ2n) is 4.77. The highest BCUT2D eigenvalue weighted by Crippen LogP contribution is 2.23. The molecule has 1 aromatic heterocycles. The van der Waals surface area contributed by atoms with Crippen LogP contribution in [0.3, 0.4) is 0 Å². The molecule has 0 unspecified atom stereocenters. The van der Waals surface area contributed by atoms with E-state index in [0.29, 0.717) is 23.9 Å². The normalized spacial score (nSPS) is 10.1. The van der Waals surface area contributed by atoms with Crippen LogP contribution in [0.5, 0.6) is 0 Å². The number of hydrogen-bond donors (Lipinski definition) is 2. The van der Waals surface area contributed by atoms with Crippen molar-refractivity contribution in [2.45, 2.75) is 13.8 Å². The van der Waals surface area contributed by atoms with Crippen LogP contribution in [0.15, 0.2) is 41.4 Å². The molecule has 1 amide bonds. The Balaban J connectivity index is 2.23. The molecule has 0 aliphatic rings. The van der Waals surface area contributed by atoms with Gasteiger partial charge in [0.15, 0.2) is 0 Å². The fourth-order valence-corrected chi connectivity index (χ4v) is 2.20. The molecule has 1 heterocycles. The summed E-state index contributed by atoms with van der Waals surface area (Å²) >= 11 is 3.49. The van der Waals surface area contributed by atoms with E-state index in [2.05, 4.69) is 43.1 Å². The Morgan fingerprint density at radius 1 is 1.32 bits per heavy atom. The lowest BCUT2D eigenvalue weighted by molar-refractivity contribution is 0.0952. The molecule has 5 nitrogen and oxygen atoms in total. The van der Waals surface area contributed by atoms with Gasteiger partial charge in [0.2, 0.25) is 0 Å². The SMILES string of the molecule is C=CCNC(=O)c1cc(Nc2ccc(C)c(Br)c2)nc(C)n1. The molecule has 6 heteroatoms. The van der Waals surface area contributed by atoms with Gasteiger partial charge >= 0.3 is 0 Å². The molecule has 1 aromatic carbocycles. The zero-order valence-electron chi connectivity index (χ0n) is 12.5. The van der Waals surface area contributed by atoms with E-state index < -0.39 is 0 Å². The molecule has 114 valence electrons. The summed E-state index contributed by atoms with van der Waals surface area (Å²) in [6, 6.07) is 7.54. The van der Waals surface area contributed by atoms with Gasteiger partial charge in [-0.05, 0) is 31.5 Å². The summed E-state index contributed by atoms with van der Waals surface area (Å²) in [6.45, 7) is 7.74. The van der Waals surface area contributed by atoms with Crippen LogP contribution in [-0.4, -0.2) is 22.4 Å². The topological polar surface area (TPSA) is 66.9 Å². The summed E-state index contributed by atoms with van der Waals surface area (Å²) in [5.74, 6) is 0.852. The summed E-state index contributed by atoms with van der Waals surface area (Å²) in [4.78, 5) is 20.4. The van der Waals surface area contributed by atoms with Crippen molar-refractivity contribution in [2.75, 3.05) is 11.9 Å². The van der Waals surface area contributed by atoms with E-state index in [4.69, 9.17) is 0 Å². The Hall–Kier alpha value is -2.21. The second kappa shape index (κ2) is 7.17. The standard InChI is InChI=1S/C16H17BrN4O/c1-4-7-18-16(22)14-9-15(20-11(3)19-14)21-12-6-5-10(2)13(17)8-12/h4-6,8-9H,1,7H2,2-3H3,(H,18,22)(H,19,20,21). The number of anilines is 2. The number of carbonyl (C=O) groups is 1. The Bertz CT molecular complexity index is 715. The third-order valence-electron chi connectivity index (χ3n) is 2.92. The lowest BCUT2D eigenvalue weighted by Gasteiger charge is -2.09. The Morgan fingerprint density at radius 2 is 2.09 bits per heavy atom. The molecule has 2 aromatic rings. The smallest absolute Gasteiger partial charge is 0.270 e. The van der Waals surface area contributed by atoms with Crippen LogP contribution in [0.4, 0.5) is 11.5 Å². The number of carbonyl (C=O) groups excluding carboxylic acids is 1. The maximum Gasteiger partial charge on any atom is 0.270 e. The molecular weight excluding hydrogens is 344 g/mol. The van der Waals surface area contributed by atoms with Crippen LogP contribution in [0.1, 0.15) is 21.9 Å². The van der Waals surface area contributed by atoms with Gasteiger partial charge in [0.25, 0.3) is 5.91 Å².